The van der Waals surface area contributed by atoms with Gasteiger partial charge in [-0.2, -0.15) is 0 Å². The van der Waals surface area contributed by atoms with Crippen LogP contribution in [0.15, 0.2) is 96.3 Å². The summed E-state index contributed by atoms with van der Waals surface area (Å²) in [6, 6.07) is 22.0. The molecule has 2 aliphatic carbocycles. The second-order valence-electron chi connectivity index (χ2n) is 9.20. The number of nitrogens with two attached hydrogens (primary N) is 1. The van der Waals surface area contributed by atoms with Gasteiger partial charge in [0.15, 0.2) is 0 Å². The van der Waals surface area contributed by atoms with E-state index in [1.807, 2.05) is 0 Å². The third-order valence-corrected chi connectivity index (χ3v) is 9.73. The lowest BCUT2D eigenvalue weighted by molar-refractivity contribution is 0.181. The van der Waals surface area contributed by atoms with E-state index >= 15 is 0 Å². The van der Waals surface area contributed by atoms with E-state index in [0.717, 1.165) is 5.76 Å². The van der Waals surface area contributed by atoms with E-state index in [1.165, 1.54) is 33.7 Å². The lowest BCUT2D eigenvalue weighted by atomic mass is 9.88. The molecule has 3 heteroatoms. The minimum absolute atomic E-state index is 0.00123. The van der Waals surface area contributed by atoms with E-state index in [4.69, 9.17) is 10.5 Å². The van der Waals surface area contributed by atoms with Gasteiger partial charge in [0.1, 0.15) is 12.4 Å². The fraction of sp³-hybridized carbons (Fsp3) is 0.357. The molecule has 0 spiro atoms. The van der Waals surface area contributed by atoms with Crippen LogP contribution in [-0.2, 0) is 4.74 Å². The quantitative estimate of drug-likeness (QED) is 0.441. The molecule has 0 bridgehead atoms. The maximum absolute atomic E-state index is 6.27. The molecule has 2 unspecified atom stereocenters. The van der Waals surface area contributed by atoms with Crippen molar-refractivity contribution in [3.05, 3.63) is 96.3 Å². The number of hydrogen-bond acceptors (Lipinski definition) is 2. The zero-order valence-electron chi connectivity index (χ0n) is 18.9. The zero-order chi connectivity index (χ0) is 22.1. The molecule has 2 aromatic carbocycles. The number of hydrogen-bond donors (Lipinski definition) is 1. The first-order chi connectivity index (χ1) is 14.9. The largest absolute Gasteiger partial charge is 0.492 e. The maximum atomic E-state index is 6.27. The van der Waals surface area contributed by atoms with Gasteiger partial charge in [0.25, 0.3) is 0 Å². The van der Waals surface area contributed by atoms with Crippen molar-refractivity contribution in [1.29, 1.82) is 0 Å². The Morgan fingerprint density at radius 2 is 1.61 bits per heavy atom. The zero-order valence-corrected chi connectivity index (χ0v) is 19.8. The van der Waals surface area contributed by atoms with Crippen LogP contribution in [0, 0.1) is 17.8 Å². The first kappa shape index (κ1) is 22.1. The number of allylic oxidation sites excluding steroid dienone is 3. The van der Waals surface area contributed by atoms with Crippen LogP contribution in [0.1, 0.15) is 27.2 Å². The lowest BCUT2D eigenvalue weighted by Crippen LogP contribution is -2.33. The van der Waals surface area contributed by atoms with Crippen LogP contribution < -0.4 is 16.3 Å². The molecule has 2 nitrogen and oxygen atoms in total. The Kier molecular flexibility index (Phi) is 6.51. The smallest absolute Gasteiger partial charge is 0.116 e. The van der Waals surface area contributed by atoms with Crippen LogP contribution in [-0.4, -0.2) is 18.3 Å². The van der Waals surface area contributed by atoms with Gasteiger partial charge < -0.3 is 10.5 Å². The average molecular weight is 432 g/mol. The number of fused-ring (bicyclic) bond motifs is 1. The lowest BCUT2D eigenvalue weighted by Gasteiger charge is -2.36. The van der Waals surface area contributed by atoms with E-state index < -0.39 is 7.92 Å². The summed E-state index contributed by atoms with van der Waals surface area (Å²) in [6.07, 6.45) is 1.21. The normalized spacial score (nSPS) is 23.7. The summed E-state index contributed by atoms with van der Waals surface area (Å²) in [5, 5.41) is 2.81. The second-order valence-corrected chi connectivity index (χ2v) is 11.5. The summed E-state index contributed by atoms with van der Waals surface area (Å²) < 4.78 is 6.23. The Morgan fingerprint density at radius 1 is 1.06 bits per heavy atom. The molecule has 2 aliphatic rings. The Labute approximate surface area is 188 Å². The highest BCUT2D eigenvalue weighted by molar-refractivity contribution is 7.73. The highest BCUT2D eigenvalue weighted by Gasteiger charge is 2.53. The molecule has 162 valence electrons. The van der Waals surface area contributed by atoms with E-state index in [0.29, 0.717) is 30.0 Å². The topological polar surface area (TPSA) is 35.2 Å². The fourth-order valence-electron chi connectivity index (χ4n) is 4.66. The van der Waals surface area contributed by atoms with Gasteiger partial charge >= 0.3 is 0 Å². The molecular weight excluding hydrogens is 397 g/mol. The molecular formula is C28H34NOP. The predicted molar refractivity (Wildman–Crippen MR) is 134 cm³/mol. The van der Waals surface area contributed by atoms with Crippen LogP contribution in [0.5, 0.6) is 0 Å². The standard InChI is InChI=1S/C28H34NOP/c1-18(2)26(29)17-30-21(5)27-20(4)19(3)24-16-25(24)28(27)31(22-12-8-6-9-13-22)23-14-10-7-11-15-23/h6-15,18,24-26,28H,3,5,16-17,29H2,1-2,4H3/t24-,25-,26?,28?/m1/s1. The molecule has 0 saturated heterocycles. The molecule has 2 N–H and O–H groups in total. The number of ether oxygens (including phenoxy) is 1. The van der Waals surface area contributed by atoms with Crippen LogP contribution >= 0.6 is 7.92 Å². The van der Waals surface area contributed by atoms with Gasteiger partial charge in [-0.25, -0.2) is 0 Å². The summed E-state index contributed by atoms with van der Waals surface area (Å²) in [7, 11) is -0.594. The van der Waals surface area contributed by atoms with E-state index in [-0.39, 0.29) is 6.04 Å². The Hall–Kier alpha value is -2.15. The first-order valence-electron chi connectivity index (χ1n) is 11.3. The van der Waals surface area contributed by atoms with E-state index in [1.54, 1.807) is 0 Å². The molecule has 1 saturated carbocycles. The highest BCUT2D eigenvalue weighted by Crippen LogP contribution is 2.64. The fourth-order valence-corrected chi connectivity index (χ4v) is 7.90. The van der Waals surface area contributed by atoms with Crippen molar-refractivity contribution < 1.29 is 4.74 Å². The molecule has 0 aliphatic heterocycles. The van der Waals surface area contributed by atoms with Gasteiger partial charge in [0.05, 0.1) is 0 Å². The summed E-state index contributed by atoms with van der Waals surface area (Å²) in [5.41, 5.74) is 10.5. The number of benzene rings is 2. The Bertz CT molecular complexity index is 939. The average Bonchev–Trinajstić information content (AvgIpc) is 3.58. The van der Waals surface area contributed by atoms with E-state index in [9.17, 15) is 0 Å². The van der Waals surface area contributed by atoms with Crippen LogP contribution in [0.4, 0.5) is 0 Å². The van der Waals surface area contributed by atoms with Gasteiger partial charge in [-0.05, 0) is 60.8 Å². The van der Waals surface area contributed by atoms with Gasteiger partial charge in [-0.1, -0.05) is 87.7 Å². The molecule has 4 atom stereocenters. The van der Waals surface area contributed by atoms with Crippen LogP contribution in [0.25, 0.3) is 0 Å². The van der Waals surface area contributed by atoms with Crippen molar-refractivity contribution in [2.24, 2.45) is 23.5 Å². The summed E-state index contributed by atoms with van der Waals surface area (Å²) in [4.78, 5) is 0. The van der Waals surface area contributed by atoms with Crippen molar-refractivity contribution in [2.45, 2.75) is 38.9 Å². The molecule has 0 amide bonds. The van der Waals surface area contributed by atoms with Crippen molar-refractivity contribution in [3.63, 3.8) is 0 Å². The maximum Gasteiger partial charge on any atom is 0.116 e. The summed E-state index contributed by atoms with van der Waals surface area (Å²) in [5.74, 6) is 2.36. The monoisotopic (exact) mass is 431 g/mol. The molecule has 31 heavy (non-hydrogen) atoms. The van der Waals surface area contributed by atoms with E-state index in [2.05, 4.69) is 94.6 Å². The molecule has 2 aromatic rings. The molecule has 0 radical (unpaired) electrons. The summed E-state index contributed by atoms with van der Waals surface area (Å²) >= 11 is 0. The third-order valence-electron chi connectivity index (χ3n) is 6.83. The van der Waals surface area contributed by atoms with Gasteiger partial charge in [0, 0.05) is 17.3 Å². The highest BCUT2D eigenvalue weighted by atomic mass is 31.1. The minimum atomic E-state index is -0.594. The Morgan fingerprint density at radius 3 is 2.13 bits per heavy atom. The third kappa shape index (κ3) is 4.43. The molecule has 1 fully saturated rings. The van der Waals surface area contributed by atoms with Gasteiger partial charge in [-0.3, -0.25) is 0 Å². The van der Waals surface area contributed by atoms with Crippen LogP contribution in [0.2, 0.25) is 0 Å². The Balaban J connectivity index is 1.76. The van der Waals surface area contributed by atoms with Gasteiger partial charge in [-0.15, -0.1) is 0 Å². The van der Waals surface area contributed by atoms with Crippen molar-refractivity contribution in [3.8, 4) is 0 Å². The first-order valence-corrected chi connectivity index (χ1v) is 12.7. The summed E-state index contributed by atoms with van der Waals surface area (Å²) in [6.45, 7) is 15.8. The molecule has 4 rings (SSSR count). The number of rotatable bonds is 8. The van der Waals surface area contributed by atoms with Crippen LogP contribution in [0.3, 0.4) is 0 Å². The second kappa shape index (κ2) is 9.15. The van der Waals surface area contributed by atoms with Gasteiger partial charge in [0.2, 0.25) is 0 Å². The predicted octanol–water partition coefficient (Wildman–Crippen LogP) is 5.52. The SMILES string of the molecule is C=C(OCC(N)C(C)C)C1=C(C)C(=C)[C@H]2C[C@H]2C1P(c1ccccc1)c1ccccc1. The van der Waals surface area contributed by atoms with Crippen molar-refractivity contribution in [2.75, 3.05) is 6.61 Å². The minimum Gasteiger partial charge on any atom is -0.492 e. The molecule has 0 heterocycles. The van der Waals surface area contributed by atoms with Crippen molar-refractivity contribution in [1.82, 2.24) is 0 Å². The van der Waals surface area contributed by atoms with Crippen molar-refractivity contribution >= 4 is 18.5 Å². The molecule has 0 aromatic heterocycles.